The van der Waals surface area contributed by atoms with Gasteiger partial charge in [0.05, 0.1) is 14.2 Å². The molecule has 0 radical (unpaired) electrons. The molecule has 24 heavy (non-hydrogen) atoms. The number of nitrogens with zero attached hydrogens (tertiary/aromatic N) is 1. The summed E-state index contributed by atoms with van der Waals surface area (Å²) in [5, 5.41) is 11.3. The Morgan fingerprint density at radius 1 is 0.750 bits per heavy atom. The number of rotatable bonds is 0. The van der Waals surface area contributed by atoms with Crippen LogP contribution in [-0.2, 0) is 0 Å². The lowest BCUT2D eigenvalue weighted by molar-refractivity contribution is 1.46. The molecule has 6 rings (SSSR count). The van der Waals surface area contributed by atoms with E-state index in [-0.39, 0.29) is 0 Å². The number of hydrogen-bond acceptors (Lipinski definition) is 3. The lowest BCUT2D eigenvalue weighted by Gasteiger charge is -2.07. The maximum absolute atomic E-state index is 4.73. The van der Waals surface area contributed by atoms with Crippen LogP contribution in [0.3, 0.4) is 0 Å². The van der Waals surface area contributed by atoms with Gasteiger partial charge < -0.3 is 0 Å². The van der Waals surface area contributed by atoms with Crippen LogP contribution in [-0.4, -0.2) is 4.98 Å². The summed E-state index contributed by atoms with van der Waals surface area (Å²) in [7, 11) is 0. The minimum atomic E-state index is 1.08. The first-order valence-corrected chi connectivity index (χ1v) is 9.58. The third kappa shape index (κ3) is 1.61. The quantitative estimate of drug-likeness (QED) is 0.215. The average molecular weight is 341 g/mol. The zero-order valence-corrected chi connectivity index (χ0v) is 14.2. The standard InChI is InChI=1S/C21H11NS2/c1-2-4-14-12(3-1)5-6-13-9-18-17(10-16(13)14)20-15-7-8-23-21(15)24-19(20)11-22-18/h1-11H. The zero-order chi connectivity index (χ0) is 15.7. The van der Waals surface area contributed by atoms with E-state index in [0.29, 0.717) is 0 Å². The molecule has 0 spiro atoms. The number of thiophene rings is 2. The first-order valence-electron chi connectivity index (χ1n) is 7.88. The van der Waals surface area contributed by atoms with Gasteiger partial charge in [-0.3, -0.25) is 4.98 Å². The number of benzene rings is 3. The molecular formula is C21H11NS2. The maximum Gasteiger partial charge on any atom is 0.0878 e. The van der Waals surface area contributed by atoms with Crippen LogP contribution >= 0.6 is 22.7 Å². The van der Waals surface area contributed by atoms with Crippen LogP contribution in [0.25, 0.3) is 51.9 Å². The Hall–Kier alpha value is -2.49. The van der Waals surface area contributed by atoms with E-state index in [2.05, 4.69) is 60.0 Å². The second-order valence-electron chi connectivity index (χ2n) is 6.10. The molecular weight excluding hydrogens is 330 g/mol. The van der Waals surface area contributed by atoms with Crippen molar-refractivity contribution in [2.75, 3.05) is 0 Å². The van der Waals surface area contributed by atoms with E-state index in [1.807, 2.05) is 28.9 Å². The van der Waals surface area contributed by atoms with Gasteiger partial charge in [0.15, 0.2) is 0 Å². The number of fused-ring (bicyclic) bond motifs is 8. The maximum atomic E-state index is 4.73. The predicted octanol–water partition coefficient (Wildman–Crippen LogP) is 6.97. The van der Waals surface area contributed by atoms with Crippen molar-refractivity contribution < 1.29 is 0 Å². The molecule has 6 aromatic rings. The highest BCUT2D eigenvalue weighted by atomic mass is 32.2. The van der Waals surface area contributed by atoms with Crippen molar-refractivity contribution in [3.63, 3.8) is 0 Å². The van der Waals surface area contributed by atoms with Crippen LogP contribution in [0.1, 0.15) is 0 Å². The summed E-state index contributed by atoms with van der Waals surface area (Å²) in [5.41, 5.74) is 1.08. The molecule has 0 aliphatic carbocycles. The van der Waals surface area contributed by atoms with Crippen LogP contribution in [0, 0.1) is 0 Å². The van der Waals surface area contributed by atoms with Crippen molar-refractivity contribution in [1.29, 1.82) is 0 Å². The molecule has 0 fully saturated rings. The van der Waals surface area contributed by atoms with E-state index in [1.54, 1.807) is 0 Å². The lowest BCUT2D eigenvalue weighted by atomic mass is 9.99. The van der Waals surface area contributed by atoms with E-state index in [9.17, 15) is 0 Å². The monoisotopic (exact) mass is 341 g/mol. The Labute approximate surface area is 145 Å². The van der Waals surface area contributed by atoms with Crippen LogP contribution in [0.4, 0.5) is 0 Å². The van der Waals surface area contributed by atoms with Gasteiger partial charge in [-0.05, 0) is 45.1 Å². The van der Waals surface area contributed by atoms with Gasteiger partial charge in [0.25, 0.3) is 0 Å². The highest BCUT2D eigenvalue weighted by Crippen LogP contribution is 2.41. The van der Waals surface area contributed by atoms with Crippen molar-refractivity contribution in [2.24, 2.45) is 0 Å². The smallest absolute Gasteiger partial charge is 0.0878 e. The van der Waals surface area contributed by atoms with E-state index in [1.165, 1.54) is 46.4 Å². The third-order valence-electron chi connectivity index (χ3n) is 4.80. The molecule has 0 atom stereocenters. The lowest BCUT2D eigenvalue weighted by Crippen LogP contribution is -1.83. The van der Waals surface area contributed by atoms with Gasteiger partial charge in [0, 0.05) is 22.4 Å². The molecule has 112 valence electrons. The zero-order valence-electron chi connectivity index (χ0n) is 12.6. The molecule has 3 heteroatoms. The molecule has 0 aliphatic heterocycles. The molecule has 0 amide bonds. The van der Waals surface area contributed by atoms with E-state index < -0.39 is 0 Å². The van der Waals surface area contributed by atoms with Crippen molar-refractivity contribution >= 4 is 74.6 Å². The Kier molecular flexibility index (Phi) is 2.43. The second-order valence-corrected chi connectivity index (χ2v) is 8.33. The minimum Gasteiger partial charge on any atom is -0.255 e. The van der Waals surface area contributed by atoms with Crippen LogP contribution in [0.15, 0.2) is 66.2 Å². The summed E-state index contributed by atoms with van der Waals surface area (Å²) < 4.78 is 2.67. The van der Waals surface area contributed by atoms with Crippen LogP contribution in [0.5, 0.6) is 0 Å². The molecule has 0 N–H and O–H groups in total. The fourth-order valence-electron chi connectivity index (χ4n) is 3.69. The normalized spacial score (nSPS) is 12.2. The predicted molar refractivity (Wildman–Crippen MR) is 108 cm³/mol. The van der Waals surface area contributed by atoms with E-state index in [0.717, 1.165) is 5.52 Å². The Balaban J connectivity index is 1.91. The third-order valence-corrected chi connectivity index (χ3v) is 6.98. The van der Waals surface area contributed by atoms with Gasteiger partial charge in [-0.2, -0.15) is 0 Å². The number of hydrogen-bond donors (Lipinski definition) is 0. The van der Waals surface area contributed by atoms with Gasteiger partial charge in [-0.1, -0.05) is 36.4 Å². The summed E-state index contributed by atoms with van der Waals surface area (Å²) in [5.74, 6) is 0. The average Bonchev–Trinajstić information content (AvgIpc) is 3.20. The SMILES string of the molecule is c1ccc2c(c1)ccc1cc3ncc4sc5sccc5c4c3cc12. The number of pyridine rings is 1. The molecule has 3 heterocycles. The molecule has 1 nitrogen and oxygen atoms in total. The fraction of sp³-hybridized carbons (Fsp3) is 0. The van der Waals surface area contributed by atoms with Crippen LogP contribution < -0.4 is 0 Å². The summed E-state index contributed by atoms with van der Waals surface area (Å²) in [6, 6.07) is 19.8. The van der Waals surface area contributed by atoms with E-state index >= 15 is 0 Å². The van der Waals surface area contributed by atoms with Crippen molar-refractivity contribution in [3.8, 4) is 0 Å². The van der Waals surface area contributed by atoms with Crippen molar-refractivity contribution in [3.05, 3.63) is 66.2 Å². The fourth-order valence-corrected chi connectivity index (χ4v) is 5.85. The van der Waals surface area contributed by atoms with Gasteiger partial charge in [-0.25, -0.2) is 0 Å². The molecule has 0 unspecified atom stereocenters. The van der Waals surface area contributed by atoms with Gasteiger partial charge in [-0.15, -0.1) is 22.7 Å². The van der Waals surface area contributed by atoms with Crippen molar-refractivity contribution in [2.45, 2.75) is 0 Å². The number of aromatic nitrogens is 1. The molecule has 3 aromatic carbocycles. The summed E-state index contributed by atoms with van der Waals surface area (Å²) in [6.07, 6.45) is 2.03. The summed E-state index contributed by atoms with van der Waals surface area (Å²) >= 11 is 3.67. The highest BCUT2D eigenvalue weighted by Gasteiger charge is 2.12. The molecule has 0 saturated carbocycles. The molecule has 3 aromatic heterocycles. The highest BCUT2D eigenvalue weighted by molar-refractivity contribution is 7.41. The van der Waals surface area contributed by atoms with Crippen molar-refractivity contribution in [1.82, 2.24) is 4.98 Å². The first-order chi connectivity index (χ1) is 11.9. The second kappa shape index (κ2) is 4.53. The Morgan fingerprint density at radius 2 is 1.67 bits per heavy atom. The van der Waals surface area contributed by atoms with Gasteiger partial charge >= 0.3 is 0 Å². The van der Waals surface area contributed by atoms with E-state index in [4.69, 9.17) is 4.98 Å². The molecule has 0 aliphatic rings. The molecule has 0 saturated heterocycles. The van der Waals surface area contributed by atoms with Crippen LogP contribution in [0.2, 0.25) is 0 Å². The Bertz CT molecular complexity index is 1410. The minimum absolute atomic E-state index is 1.08. The largest absolute Gasteiger partial charge is 0.255 e. The van der Waals surface area contributed by atoms with Gasteiger partial charge in [0.2, 0.25) is 0 Å². The summed E-state index contributed by atoms with van der Waals surface area (Å²) in [6.45, 7) is 0. The molecule has 0 bridgehead atoms. The summed E-state index contributed by atoms with van der Waals surface area (Å²) in [4.78, 5) is 4.73. The first kappa shape index (κ1) is 12.9. The topological polar surface area (TPSA) is 12.9 Å². The van der Waals surface area contributed by atoms with Gasteiger partial charge in [0.1, 0.15) is 0 Å². The Morgan fingerprint density at radius 3 is 2.67 bits per heavy atom.